The molecule has 0 bridgehead atoms. The van der Waals surface area contributed by atoms with E-state index in [4.69, 9.17) is 22.1 Å². The average Bonchev–Trinajstić information content (AvgIpc) is 2.52. The zero-order valence-electron chi connectivity index (χ0n) is 14.6. The van der Waals surface area contributed by atoms with Gasteiger partial charge < -0.3 is 21.1 Å². The van der Waals surface area contributed by atoms with Gasteiger partial charge in [-0.1, -0.05) is 30.7 Å². The second-order valence-corrected chi connectivity index (χ2v) is 6.70. The van der Waals surface area contributed by atoms with Gasteiger partial charge >= 0.3 is 12.0 Å². The molecule has 0 saturated carbocycles. The molecule has 1 atom stereocenters. The number of benzene rings is 1. The van der Waals surface area contributed by atoms with Crippen LogP contribution in [-0.4, -0.2) is 30.1 Å². The van der Waals surface area contributed by atoms with E-state index < -0.39 is 18.0 Å². The van der Waals surface area contributed by atoms with Crippen molar-refractivity contribution >= 4 is 29.5 Å². The van der Waals surface area contributed by atoms with Crippen LogP contribution in [0.25, 0.3) is 0 Å². The Morgan fingerprint density at radius 1 is 1.24 bits per heavy atom. The molecule has 0 fully saturated rings. The Labute approximate surface area is 152 Å². The number of rotatable bonds is 8. The molecule has 0 saturated heterocycles. The number of esters is 1. The number of hydrogen-bond acceptors (Lipinski definition) is 4. The molecule has 4 N–H and O–H groups in total. The molecule has 0 aliphatic heterocycles. The highest BCUT2D eigenvalue weighted by atomic mass is 35.5. The van der Waals surface area contributed by atoms with E-state index in [9.17, 15) is 14.4 Å². The Morgan fingerprint density at radius 2 is 1.84 bits per heavy atom. The summed E-state index contributed by atoms with van der Waals surface area (Å²) in [6, 6.07) is 5.18. The monoisotopic (exact) mass is 369 g/mol. The van der Waals surface area contributed by atoms with Gasteiger partial charge in [-0.2, -0.15) is 0 Å². The smallest absolute Gasteiger partial charge is 0.312 e. The van der Waals surface area contributed by atoms with Gasteiger partial charge in [0.15, 0.2) is 6.61 Å². The number of hydrogen-bond donors (Lipinski definition) is 3. The number of primary amides is 1. The predicted octanol–water partition coefficient (Wildman–Crippen LogP) is 2.29. The second-order valence-electron chi connectivity index (χ2n) is 6.26. The van der Waals surface area contributed by atoms with Gasteiger partial charge in [-0.15, -0.1) is 0 Å². The summed E-state index contributed by atoms with van der Waals surface area (Å²) in [4.78, 5) is 35.0. The third-order valence-electron chi connectivity index (χ3n) is 3.69. The van der Waals surface area contributed by atoms with Crippen molar-refractivity contribution in [2.45, 2.75) is 45.2 Å². The van der Waals surface area contributed by atoms with Crippen LogP contribution < -0.4 is 16.4 Å². The number of urea groups is 1. The minimum Gasteiger partial charge on any atom is -0.456 e. The molecule has 0 aliphatic carbocycles. The molecule has 0 spiro atoms. The minimum absolute atomic E-state index is 0.158. The maximum Gasteiger partial charge on any atom is 0.312 e. The fourth-order valence-corrected chi connectivity index (χ4v) is 2.12. The fraction of sp³-hybridized carbons (Fsp3) is 0.471. The van der Waals surface area contributed by atoms with Gasteiger partial charge in [0.2, 0.25) is 0 Å². The van der Waals surface area contributed by atoms with E-state index >= 15 is 0 Å². The van der Waals surface area contributed by atoms with Crippen LogP contribution >= 0.6 is 11.6 Å². The third kappa shape index (κ3) is 7.89. The van der Waals surface area contributed by atoms with E-state index in [2.05, 4.69) is 10.6 Å². The summed E-state index contributed by atoms with van der Waals surface area (Å²) in [5.41, 5.74) is 5.43. The van der Waals surface area contributed by atoms with E-state index in [0.717, 1.165) is 6.42 Å². The molecule has 0 aromatic heterocycles. The van der Waals surface area contributed by atoms with Gasteiger partial charge in [-0.3, -0.25) is 9.59 Å². The molecular formula is C17H24ClN3O4. The SMILES string of the molecule is CCC(C)(C)NC(=O)COC(=O)C[C@@H](NC(N)=O)c1ccc(Cl)cc1. The number of ether oxygens (including phenoxy) is 1. The molecule has 1 rings (SSSR count). The lowest BCUT2D eigenvalue weighted by Crippen LogP contribution is -2.44. The Balaban J connectivity index is 2.62. The number of carbonyl (C=O) groups is 3. The van der Waals surface area contributed by atoms with Crippen LogP contribution in [0.3, 0.4) is 0 Å². The van der Waals surface area contributed by atoms with Crippen LogP contribution in [0.2, 0.25) is 5.02 Å². The summed E-state index contributed by atoms with van der Waals surface area (Å²) in [6.45, 7) is 5.31. The van der Waals surface area contributed by atoms with Crippen LogP contribution in [0.15, 0.2) is 24.3 Å². The third-order valence-corrected chi connectivity index (χ3v) is 3.94. The molecule has 1 aromatic rings. The molecule has 0 unspecified atom stereocenters. The molecular weight excluding hydrogens is 346 g/mol. The average molecular weight is 370 g/mol. The second kappa shape index (κ2) is 9.27. The summed E-state index contributed by atoms with van der Waals surface area (Å²) in [6.07, 6.45) is 0.586. The summed E-state index contributed by atoms with van der Waals surface area (Å²) in [7, 11) is 0. The van der Waals surface area contributed by atoms with E-state index in [1.807, 2.05) is 20.8 Å². The van der Waals surface area contributed by atoms with Crippen molar-refractivity contribution in [3.05, 3.63) is 34.9 Å². The Morgan fingerprint density at radius 3 is 2.36 bits per heavy atom. The van der Waals surface area contributed by atoms with Crippen molar-refractivity contribution in [1.82, 2.24) is 10.6 Å². The number of halogens is 1. The molecule has 8 heteroatoms. The fourth-order valence-electron chi connectivity index (χ4n) is 1.99. The number of amides is 3. The Kier molecular flexibility index (Phi) is 7.70. The number of nitrogens with two attached hydrogens (primary N) is 1. The molecule has 1 aromatic carbocycles. The van der Waals surface area contributed by atoms with Crippen LogP contribution in [-0.2, 0) is 14.3 Å². The summed E-state index contributed by atoms with van der Waals surface area (Å²) in [5.74, 6) is -1.01. The van der Waals surface area contributed by atoms with Gasteiger partial charge in [-0.25, -0.2) is 4.79 Å². The Bertz CT molecular complexity index is 617. The van der Waals surface area contributed by atoms with Crippen molar-refractivity contribution in [2.75, 3.05) is 6.61 Å². The minimum atomic E-state index is -0.768. The molecule has 7 nitrogen and oxygen atoms in total. The van der Waals surface area contributed by atoms with Gasteiger partial charge in [0.05, 0.1) is 12.5 Å². The topological polar surface area (TPSA) is 111 Å². The van der Waals surface area contributed by atoms with Crippen LogP contribution in [0.4, 0.5) is 4.79 Å². The van der Waals surface area contributed by atoms with Crippen LogP contribution in [0, 0.1) is 0 Å². The first-order valence-electron chi connectivity index (χ1n) is 7.91. The normalized spacial score (nSPS) is 12.2. The lowest BCUT2D eigenvalue weighted by Gasteiger charge is -2.24. The molecule has 25 heavy (non-hydrogen) atoms. The van der Waals surface area contributed by atoms with E-state index in [1.165, 1.54) is 0 Å². The van der Waals surface area contributed by atoms with Crippen LogP contribution in [0.5, 0.6) is 0 Å². The van der Waals surface area contributed by atoms with Crippen molar-refractivity contribution in [3.63, 3.8) is 0 Å². The van der Waals surface area contributed by atoms with Gasteiger partial charge in [-0.05, 0) is 38.0 Å². The summed E-state index contributed by atoms with van der Waals surface area (Å²) >= 11 is 5.83. The zero-order chi connectivity index (χ0) is 19.0. The molecule has 0 heterocycles. The van der Waals surface area contributed by atoms with Gasteiger partial charge in [0, 0.05) is 10.6 Å². The highest BCUT2D eigenvalue weighted by Crippen LogP contribution is 2.20. The maximum absolute atomic E-state index is 12.0. The number of carbonyl (C=O) groups excluding carboxylic acids is 3. The first-order valence-corrected chi connectivity index (χ1v) is 8.29. The van der Waals surface area contributed by atoms with Gasteiger partial charge in [0.25, 0.3) is 5.91 Å². The number of nitrogens with one attached hydrogen (secondary N) is 2. The summed E-state index contributed by atoms with van der Waals surface area (Å²) < 4.78 is 4.98. The molecule has 138 valence electrons. The van der Waals surface area contributed by atoms with Crippen LogP contribution in [0.1, 0.15) is 45.2 Å². The molecule has 0 radical (unpaired) electrons. The van der Waals surface area contributed by atoms with Crippen molar-refractivity contribution in [2.24, 2.45) is 5.73 Å². The lowest BCUT2D eigenvalue weighted by molar-refractivity contribution is -0.149. The molecule has 0 aliphatic rings. The quantitative estimate of drug-likeness (QED) is 0.610. The maximum atomic E-state index is 12.0. The largest absolute Gasteiger partial charge is 0.456 e. The zero-order valence-corrected chi connectivity index (χ0v) is 15.4. The molecule has 3 amide bonds. The van der Waals surface area contributed by atoms with Crippen molar-refractivity contribution in [1.29, 1.82) is 0 Å². The van der Waals surface area contributed by atoms with Crippen molar-refractivity contribution < 1.29 is 19.1 Å². The van der Waals surface area contributed by atoms with E-state index in [1.54, 1.807) is 24.3 Å². The van der Waals surface area contributed by atoms with Crippen molar-refractivity contribution in [3.8, 4) is 0 Å². The highest BCUT2D eigenvalue weighted by Gasteiger charge is 2.21. The standard InChI is InChI=1S/C17H24ClN3O4/c1-4-17(2,3)21-14(22)10-25-15(23)9-13(20-16(19)24)11-5-7-12(18)8-6-11/h5-8,13H,4,9-10H2,1-3H3,(H,21,22)(H3,19,20,24)/t13-/m1/s1. The predicted molar refractivity (Wildman–Crippen MR) is 95.0 cm³/mol. The highest BCUT2D eigenvalue weighted by molar-refractivity contribution is 6.30. The lowest BCUT2D eigenvalue weighted by atomic mass is 10.0. The first kappa shape index (κ1) is 20.8. The van der Waals surface area contributed by atoms with E-state index in [0.29, 0.717) is 10.6 Å². The first-order chi connectivity index (χ1) is 11.6. The Hall–Kier alpha value is -2.28. The summed E-state index contributed by atoms with van der Waals surface area (Å²) in [5, 5.41) is 5.77. The van der Waals surface area contributed by atoms with Gasteiger partial charge in [0.1, 0.15) is 0 Å². The van der Waals surface area contributed by atoms with E-state index in [-0.39, 0.29) is 24.5 Å².